The monoisotopic (exact) mass is 454 g/mol. The van der Waals surface area contributed by atoms with E-state index in [4.69, 9.17) is 5.73 Å². The Bertz CT molecular complexity index is 1150. The SMILES string of the molecule is C1CCCCC1.Nc1ccnc(Nc2ccc(C#Cc3cc(C(=O)NC4CC4)ccn3)cc2)n1. The van der Waals surface area contributed by atoms with Crippen molar-refractivity contribution in [3.63, 3.8) is 0 Å². The zero-order valence-electron chi connectivity index (χ0n) is 19.3. The third kappa shape index (κ3) is 7.59. The van der Waals surface area contributed by atoms with Crippen LogP contribution in [0.25, 0.3) is 0 Å². The molecular formula is C27H30N6O. The van der Waals surface area contributed by atoms with Crippen molar-refractivity contribution in [1.82, 2.24) is 20.3 Å². The van der Waals surface area contributed by atoms with Crippen LogP contribution in [0.3, 0.4) is 0 Å². The van der Waals surface area contributed by atoms with E-state index in [2.05, 4.69) is 37.4 Å². The van der Waals surface area contributed by atoms with Gasteiger partial charge in [-0.25, -0.2) is 9.97 Å². The number of carbonyl (C=O) groups is 1. The average molecular weight is 455 g/mol. The van der Waals surface area contributed by atoms with E-state index in [9.17, 15) is 4.79 Å². The maximum absolute atomic E-state index is 12.1. The standard InChI is InChI=1S/C21H18N6O.C6H12/c22-19-10-12-24-21(27-19)26-17-4-1-14(2-5-17)3-6-18-13-15(9-11-23-18)20(28)25-16-7-8-16;1-2-4-6-5-3-1/h1-2,4-5,9-13,16H,7-8H2,(H,25,28)(H3,22,24,26,27);1-6H2. The molecule has 0 spiro atoms. The normalized spacial score (nSPS) is 14.6. The second-order valence-electron chi connectivity index (χ2n) is 8.56. The summed E-state index contributed by atoms with van der Waals surface area (Å²) in [4.78, 5) is 24.5. The van der Waals surface area contributed by atoms with Crippen LogP contribution in [0.15, 0.2) is 54.9 Å². The first-order chi connectivity index (χ1) is 16.7. The van der Waals surface area contributed by atoms with Gasteiger partial charge in [0.2, 0.25) is 5.95 Å². The molecule has 7 heteroatoms. The summed E-state index contributed by atoms with van der Waals surface area (Å²) in [5.74, 6) is 6.82. The highest BCUT2D eigenvalue weighted by Gasteiger charge is 2.23. The maximum Gasteiger partial charge on any atom is 0.251 e. The van der Waals surface area contributed by atoms with Crippen molar-refractivity contribution in [1.29, 1.82) is 0 Å². The molecule has 0 saturated heterocycles. The molecule has 0 bridgehead atoms. The predicted molar refractivity (Wildman–Crippen MR) is 135 cm³/mol. The molecule has 2 aliphatic carbocycles. The molecule has 2 aliphatic rings. The number of nitrogens with two attached hydrogens (primary N) is 1. The number of hydrogen-bond acceptors (Lipinski definition) is 6. The van der Waals surface area contributed by atoms with Crippen LogP contribution >= 0.6 is 0 Å². The predicted octanol–water partition coefficient (Wildman–Crippen LogP) is 4.83. The first kappa shape index (κ1) is 23.2. The molecule has 4 N–H and O–H groups in total. The van der Waals surface area contributed by atoms with Gasteiger partial charge in [0.05, 0.1) is 0 Å². The molecule has 2 fully saturated rings. The molecule has 0 aliphatic heterocycles. The Hall–Kier alpha value is -3.92. The fourth-order valence-corrected chi connectivity index (χ4v) is 3.53. The van der Waals surface area contributed by atoms with E-state index < -0.39 is 0 Å². The van der Waals surface area contributed by atoms with E-state index in [-0.39, 0.29) is 5.91 Å². The number of benzene rings is 1. The van der Waals surface area contributed by atoms with Gasteiger partial charge >= 0.3 is 0 Å². The summed E-state index contributed by atoms with van der Waals surface area (Å²) < 4.78 is 0. The smallest absolute Gasteiger partial charge is 0.251 e. The lowest BCUT2D eigenvalue weighted by molar-refractivity contribution is 0.0951. The fourth-order valence-electron chi connectivity index (χ4n) is 3.53. The summed E-state index contributed by atoms with van der Waals surface area (Å²) in [5.41, 5.74) is 8.43. The lowest BCUT2D eigenvalue weighted by Gasteiger charge is -2.05. The summed E-state index contributed by atoms with van der Waals surface area (Å²) in [5, 5.41) is 6.04. The first-order valence-electron chi connectivity index (χ1n) is 11.9. The average Bonchev–Trinajstić information content (AvgIpc) is 3.69. The molecule has 174 valence electrons. The van der Waals surface area contributed by atoms with Gasteiger partial charge < -0.3 is 16.4 Å². The van der Waals surface area contributed by atoms with Gasteiger partial charge in [-0.3, -0.25) is 4.79 Å². The molecule has 1 amide bonds. The number of nitrogens with zero attached hydrogens (tertiary/aromatic N) is 3. The minimum Gasteiger partial charge on any atom is -0.384 e. The van der Waals surface area contributed by atoms with Gasteiger partial charge in [0, 0.05) is 35.2 Å². The zero-order valence-corrected chi connectivity index (χ0v) is 19.3. The third-order valence-electron chi connectivity index (χ3n) is 5.59. The molecule has 0 unspecified atom stereocenters. The lowest BCUT2D eigenvalue weighted by atomic mass is 10.0. The Morgan fingerprint density at radius 1 is 0.882 bits per heavy atom. The molecule has 0 atom stereocenters. The van der Waals surface area contributed by atoms with Crippen molar-refractivity contribution in [2.45, 2.75) is 57.4 Å². The van der Waals surface area contributed by atoms with Gasteiger partial charge in [0.1, 0.15) is 11.5 Å². The van der Waals surface area contributed by atoms with E-state index in [1.165, 1.54) is 38.5 Å². The number of aromatic nitrogens is 3. The van der Waals surface area contributed by atoms with E-state index in [0.717, 1.165) is 24.1 Å². The van der Waals surface area contributed by atoms with Crippen molar-refractivity contribution in [2.75, 3.05) is 11.1 Å². The molecule has 0 radical (unpaired) electrons. The Labute approximate surface area is 200 Å². The Kier molecular flexibility index (Phi) is 8.07. The summed E-state index contributed by atoms with van der Waals surface area (Å²) in [6.07, 6.45) is 14.3. The summed E-state index contributed by atoms with van der Waals surface area (Å²) in [6, 6.07) is 12.9. The fraction of sp³-hybridized carbons (Fsp3) is 0.333. The number of pyridine rings is 1. The van der Waals surface area contributed by atoms with Gasteiger partial charge in [-0.15, -0.1) is 0 Å². The second-order valence-corrected chi connectivity index (χ2v) is 8.56. The van der Waals surface area contributed by atoms with Crippen LogP contribution in [-0.4, -0.2) is 26.9 Å². The molecule has 34 heavy (non-hydrogen) atoms. The van der Waals surface area contributed by atoms with E-state index in [0.29, 0.717) is 29.1 Å². The number of nitrogens with one attached hydrogen (secondary N) is 2. The molecule has 2 aromatic heterocycles. The maximum atomic E-state index is 12.1. The molecule has 1 aromatic carbocycles. The van der Waals surface area contributed by atoms with Gasteiger partial charge in [-0.2, -0.15) is 4.98 Å². The van der Waals surface area contributed by atoms with Gasteiger partial charge in [0.15, 0.2) is 0 Å². The van der Waals surface area contributed by atoms with Crippen LogP contribution in [0.5, 0.6) is 0 Å². The highest BCUT2D eigenvalue weighted by atomic mass is 16.1. The second kappa shape index (κ2) is 11.8. The molecule has 5 rings (SSSR count). The van der Waals surface area contributed by atoms with E-state index >= 15 is 0 Å². The first-order valence-corrected chi connectivity index (χ1v) is 11.9. The van der Waals surface area contributed by atoms with Crippen LogP contribution in [0, 0.1) is 11.8 Å². The van der Waals surface area contributed by atoms with Gasteiger partial charge in [-0.1, -0.05) is 44.4 Å². The number of carbonyl (C=O) groups excluding carboxylic acids is 1. The number of amides is 1. The largest absolute Gasteiger partial charge is 0.384 e. The summed E-state index contributed by atoms with van der Waals surface area (Å²) in [6.45, 7) is 0. The minimum atomic E-state index is -0.0767. The van der Waals surface area contributed by atoms with Gasteiger partial charge in [-0.05, 0) is 61.2 Å². The van der Waals surface area contributed by atoms with Crippen molar-refractivity contribution in [3.8, 4) is 11.8 Å². The Morgan fingerprint density at radius 2 is 1.56 bits per heavy atom. The number of hydrogen-bond donors (Lipinski definition) is 3. The van der Waals surface area contributed by atoms with E-state index in [1.54, 1.807) is 30.6 Å². The number of rotatable bonds is 4. The van der Waals surface area contributed by atoms with Crippen molar-refractivity contribution < 1.29 is 4.79 Å². The van der Waals surface area contributed by atoms with Gasteiger partial charge in [0.25, 0.3) is 5.91 Å². The minimum absolute atomic E-state index is 0.0767. The molecule has 2 heterocycles. The van der Waals surface area contributed by atoms with Crippen LogP contribution in [-0.2, 0) is 0 Å². The molecular weight excluding hydrogens is 424 g/mol. The highest BCUT2D eigenvalue weighted by Crippen LogP contribution is 2.19. The Morgan fingerprint density at radius 3 is 2.21 bits per heavy atom. The summed E-state index contributed by atoms with van der Waals surface area (Å²) in [7, 11) is 0. The van der Waals surface area contributed by atoms with Crippen molar-refractivity contribution in [3.05, 3.63) is 71.7 Å². The molecule has 3 aromatic rings. The topological polar surface area (TPSA) is 106 Å². The Balaban J connectivity index is 0.000000398. The number of anilines is 3. The summed E-state index contributed by atoms with van der Waals surface area (Å²) >= 11 is 0. The highest BCUT2D eigenvalue weighted by molar-refractivity contribution is 5.94. The van der Waals surface area contributed by atoms with Crippen LogP contribution in [0.4, 0.5) is 17.5 Å². The van der Waals surface area contributed by atoms with Crippen LogP contribution in [0.1, 0.15) is 73.0 Å². The quantitative estimate of drug-likeness (QED) is 0.488. The number of nitrogen functional groups attached to an aromatic ring is 1. The molecule has 7 nitrogen and oxygen atoms in total. The molecule has 2 saturated carbocycles. The van der Waals surface area contributed by atoms with Crippen molar-refractivity contribution >= 4 is 23.4 Å². The van der Waals surface area contributed by atoms with Crippen molar-refractivity contribution in [2.24, 2.45) is 0 Å². The van der Waals surface area contributed by atoms with Crippen LogP contribution < -0.4 is 16.4 Å². The lowest BCUT2D eigenvalue weighted by Crippen LogP contribution is -2.25. The zero-order chi connectivity index (χ0) is 23.6. The van der Waals surface area contributed by atoms with E-state index in [1.807, 2.05) is 24.3 Å². The third-order valence-corrected chi connectivity index (χ3v) is 5.59. The van der Waals surface area contributed by atoms with Crippen LogP contribution in [0.2, 0.25) is 0 Å².